The zero-order chi connectivity index (χ0) is 6.97. The smallest absolute Gasteiger partial charge is 0.107 e. The minimum atomic E-state index is 0.564. The minimum Gasteiger partial charge on any atom is -0.387 e. The SMILES string of the molecule is [B]C1=CC2C=CNC2CC1. The molecule has 0 saturated carbocycles. The quantitative estimate of drug-likeness (QED) is 0.482. The van der Waals surface area contributed by atoms with E-state index in [1.165, 1.54) is 6.42 Å². The third kappa shape index (κ3) is 0.879. The van der Waals surface area contributed by atoms with Gasteiger partial charge in [0.1, 0.15) is 7.85 Å². The van der Waals surface area contributed by atoms with Crippen LogP contribution in [-0.2, 0) is 0 Å². The molecule has 0 aromatic heterocycles. The predicted octanol–water partition coefficient (Wildman–Crippen LogP) is 0.934. The monoisotopic (exact) mass is 131 g/mol. The molecule has 10 heavy (non-hydrogen) atoms. The second-order valence-electron chi connectivity index (χ2n) is 2.99. The number of nitrogens with one attached hydrogen (secondary N) is 1. The lowest BCUT2D eigenvalue weighted by atomic mass is 9.79. The number of allylic oxidation sites excluding steroid dienone is 1. The van der Waals surface area contributed by atoms with E-state index in [4.69, 9.17) is 7.85 Å². The van der Waals surface area contributed by atoms with E-state index in [-0.39, 0.29) is 0 Å². The number of rotatable bonds is 0. The topological polar surface area (TPSA) is 12.0 Å². The molecule has 0 fully saturated rings. The van der Waals surface area contributed by atoms with Crippen molar-refractivity contribution in [2.45, 2.75) is 18.9 Å². The van der Waals surface area contributed by atoms with Crippen molar-refractivity contribution in [3.05, 3.63) is 23.8 Å². The molecule has 1 aliphatic heterocycles. The average Bonchev–Trinajstić information content (AvgIpc) is 2.33. The van der Waals surface area contributed by atoms with Crippen LogP contribution in [0.2, 0.25) is 0 Å². The fourth-order valence-electron chi connectivity index (χ4n) is 1.64. The normalized spacial score (nSPS) is 36.6. The lowest BCUT2D eigenvalue weighted by Crippen LogP contribution is -2.28. The van der Waals surface area contributed by atoms with Crippen LogP contribution in [0.5, 0.6) is 0 Å². The van der Waals surface area contributed by atoms with Crippen LogP contribution in [-0.4, -0.2) is 13.9 Å². The molecule has 1 nitrogen and oxygen atoms in total. The Hall–Kier alpha value is -0.655. The van der Waals surface area contributed by atoms with Gasteiger partial charge in [-0.05, 0) is 19.0 Å². The molecule has 2 atom stereocenters. The van der Waals surface area contributed by atoms with Gasteiger partial charge >= 0.3 is 0 Å². The molecule has 0 bridgehead atoms. The molecule has 2 unspecified atom stereocenters. The van der Waals surface area contributed by atoms with Gasteiger partial charge in [-0.15, -0.1) is 5.47 Å². The highest BCUT2D eigenvalue weighted by atomic mass is 14.9. The van der Waals surface area contributed by atoms with Crippen molar-refractivity contribution in [2.24, 2.45) is 5.92 Å². The van der Waals surface area contributed by atoms with Crippen LogP contribution in [0.3, 0.4) is 0 Å². The summed E-state index contributed by atoms with van der Waals surface area (Å²) >= 11 is 0. The molecule has 1 heterocycles. The van der Waals surface area contributed by atoms with Gasteiger partial charge in [0.25, 0.3) is 0 Å². The summed E-state index contributed by atoms with van der Waals surface area (Å²) in [6.07, 6.45) is 8.60. The van der Waals surface area contributed by atoms with Crippen LogP contribution < -0.4 is 5.32 Å². The maximum absolute atomic E-state index is 5.69. The summed E-state index contributed by atoms with van der Waals surface area (Å²) in [5, 5.41) is 3.30. The standard InChI is InChI=1S/C8H10BN/c9-7-1-2-8-6(5-7)3-4-10-8/h3-6,8,10H,1-2H2. The molecule has 0 spiro atoms. The van der Waals surface area contributed by atoms with Crippen LogP contribution in [0.1, 0.15) is 12.8 Å². The summed E-state index contributed by atoms with van der Waals surface area (Å²) in [7, 11) is 5.69. The Morgan fingerprint density at radius 1 is 1.60 bits per heavy atom. The molecule has 50 valence electrons. The summed E-state index contributed by atoms with van der Waals surface area (Å²) < 4.78 is 0. The first-order valence-electron chi connectivity index (χ1n) is 3.75. The fourth-order valence-corrected chi connectivity index (χ4v) is 1.64. The molecule has 0 aromatic rings. The summed E-state index contributed by atoms with van der Waals surface area (Å²) in [5.74, 6) is 0.564. The Kier molecular flexibility index (Phi) is 1.33. The first kappa shape index (κ1) is 6.08. The zero-order valence-electron chi connectivity index (χ0n) is 5.88. The van der Waals surface area contributed by atoms with Gasteiger partial charge in [0.15, 0.2) is 0 Å². The van der Waals surface area contributed by atoms with Crippen molar-refractivity contribution in [1.29, 1.82) is 0 Å². The maximum atomic E-state index is 5.69. The van der Waals surface area contributed by atoms with Crippen molar-refractivity contribution in [1.82, 2.24) is 5.32 Å². The second kappa shape index (κ2) is 2.19. The Labute approximate surface area is 62.6 Å². The average molecular weight is 131 g/mol. The largest absolute Gasteiger partial charge is 0.387 e. The van der Waals surface area contributed by atoms with Crippen LogP contribution >= 0.6 is 0 Å². The van der Waals surface area contributed by atoms with E-state index in [1.807, 2.05) is 6.20 Å². The van der Waals surface area contributed by atoms with E-state index < -0.39 is 0 Å². The summed E-state index contributed by atoms with van der Waals surface area (Å²) in [6, 6.07) is 0.632. The Balaban J connectivity index is 2.19. The summed E-state index contributed by atoms with van der Waals surface area (Å²) in [6.45, 7) is 0. The van der Waals surface area contributed by atoms with Gasteiger partial charge in [0.05, 0.1) is 0 Å². The van der Waals surface area contributed by atoms with Gasteiger partial charge in [-0.1, -0.05) is 12.2 Å². The van der Waals surface area contributed by atoms with Crippen molar-refractivity contribution in [3.8, 4) is 0 Å². The van der Waals surface area contributed by atoms with E-state index >= 15 is 0 Å². The van der Waals surface area contributed by atoms with Gasteiger partial charge in [-0.3, -0.25) is 0 Å². The van der Waals surface area contributed by atoms with E-state index in [1.54, 1.807) is 0 Å². The third-order valence-electron chi connectivity index (χ3n) is 2.24. The van der Waals surface area contributed by atoms with E-state index in [2.05, 4.69) is 17.5 Å². The Morgan fingerprint density at radius 2 is 2.50 bits per heavy atom. The Morgan fingerprint density at radius 3 is 3.40 bits per heavy atom. The molecule has 0 saturated heterocycles. The summed E-state index contributed by atoms with van der Waals surface area (Å²) in [5.41, 5.74) is 1.05. The highest BCUT2D eigenvalue weighted by molar-refractivity contribution is 6.21. The molecular weight excluding hydrogens is 121 g/mol. The number of hydrogen-bond acceptors (Lipinski definition) is 1. The van der Waals surface area contributed by atoms with Crippen LogP contribution in [0.25, 0.3) is 0 Å². The van der Waals surface area contributed by atoms with E-state index in [9.17, 15) is 0 Å². The highest BCUT2D eigenvalue weighted by Crippen LogP contribution is 2.25. The Bertz CT molecular complexity index is 195. The molecule has 0 amide bonds. The minimum absolute atomic E-state index is 0.564. The molecule has 1 aliphatic carbocycles. The van der Waals surface area contributed by atoms with Crippen molar-refractivity contribution in [3.63, 3.8) is 0 Å². The van der Waals surface area contributed by atoms with Gasteiger partial charge in [-0.25, -0.2) is 0 Å². The first-order chi connectivity index (χ1) is 4.86. The number of fused-ring (bicyclic) bond motifs is 1. The van der Waals surface area contributed by atoms with Crippen LogP contribution in [0.4, 0.5) is 0 Å². The lowest BCUT2D eigenvalue weighted by molar-refractivity contribution is 0.492. The van der Waals surface area contributed by atoms with Gasteiger partial charge in [-0.2, -0.15) is 0 Å². The van der Waals surface area contributed by atoms with Crippen LogP contribution in [0.15, 0.2) is 23.8 Å². The van der Waals surface area contributed by atoms with Gasteiger partial charge in [0.2, 0.25) is 0 Å². The second-order valence-corrected chi connectivity index (χ2v) is 2.99. The van der Waals surface area contributed by atoms with Gasteiger partial charge < -0.3 is 5.32 Å². The number of hydrogen-bond donors (Lipinski definition) is 1. The zero-order valence-corrected chi connectivity index (χ0v) is 5.88. The fraction of sp³-hybridized carbons (Fsp3) is 0.500. The molecule has 2 rings (SSSR count). The third-order valence-corrected chi connectivity index (χ3v) is 2.24. The van der Waals surface area contributed by atoms with E-state index in [0.717, 1.165) is 11.9 Å². The molecule has 2 heteroatoms. The lowest BCUT2D eigenvalue weighted by Gasteiger charge is -2.22. The van der Waals surface area contributed by atoms with Crippen molar-refractivity contribution < 1.29 is 0 Å². The van der Waals surface area contributed by atoms with E-state index in [0.29, 0.717) is 12.0 Å². The molecule has 2 aliphatic rings. The molecule has 0 aromatic carbocycles. The van der Waals surface area contributed by atoms with Crippen LogP contribution in [0, 0.1) is 5.92 Å². The van der Waals surface area contributed by atoms with Crippen molar-refractivity contribution in [2.75, 3.05) is 0 Å². The maximum Gasteiger partial charge on any atom is 0.107 e. The van der Waals surface area contributed by atoms with Crippen molar-refractivity contribution >= 4 is 7.85 Å². The van der Waals surface area contributed by atoms with Gasteiger partial charge in [0, 0.05) is 12.0 Å². The summed E-state index contributed by atoms with van der Waals surface area (Å²) in [4.78, 5) is 0. The predicted molar refractivity (Wildman–Crippen MR) is 42.6 cm³/mol. The molecule has 1 N–H and O–H groups in total. The molecular formula is C8H10BN. The first-order valence-corrected chi connectivity index (χ1v) is 3.75. The molecule has 2 radical (unpaired) electrons. The highest BCUT2D eigenvalue weighted by Gasteiger charge is 2.22.